The first-order valence-corrected chi connectivity index (χ1v) is 8.02. The first-order chi connectivity index (χ1) is 9.79. The zero-order chi connectivity index (χ0) is 13.7. The molecule has 0 saturated heterocycles. The third-order valence-electron chi connectivity index (χ3n) is 3.52. The number of allylic oxidation sites excluding steroid dienone is 1. The van der Waals surface area contributed by atoms with Crippen LogP contribution in [-0.4, -0.2) is 23.2 Å². The van der Waals surface area contributed by atoms with Crippen LogP contribution in [0.4, 0.5) is 4.39 Å². The number of hydrogen-bond acceptors (Lipinski definition) is 4. The number of rotatable bonds is 2. The molecule has 1 aromatic heterocycles. The molecule has 0 N–H and O–H groups in total. The first-order valence-electron chi connectivity index (χ1n) is 6.32. The third kappa shape index (κ3) is 1.60. The summed E-state index contributed by atoms with van der Waals surface area (Å²) in [6, 6.07) is 5.41. The summed E-state index contributed by atoms with van der Waals surface area (Å²) < 4.78 is 14.6. The second kappa shape index (κ2) is 4.46. The fourth-order valence-electron chi connectivity index (χ4n) is 2.65. The highest BCUT2D eigenvalue weighted by Crippen LogP contribution is 2.44. The van der Waals surface area contributed by atoms with Crippen LogP contribution in [0.5, 0.6) is 0 Å². The lowest BCUT2D eigenvalue weighted by atomic mass is 10.1. The molecule has 0 unspecified atom stereocenters. The summed E-state index contributed by atoms with van der Waals surface area (Å²) in [6.07, 6.45) is 1.86. The van der Waals surface area contributed by atoms with Crippen molar-refractivity contribution in [2.24, 2.45) is 4.99 Å². The third-order valence-corrected chi connectivity index (χ3v) is 5.55. The van der Waals surface area contributed by atoms with Crippen LogP contribution in [-0.2, 0) is 0 Å². The standard InChI is InChI=1S/C15H11FN2S2/c1-2-12-13(18-7-6-17-15(18)20-12)9-3-4-11(16)14-10(9)5-8-19-14/h2-5,8H,1,6-7H2. The molecule has 4 rings (SSSR count). The van der Waals surface area contributed by atoms with Gasteiger partial charge in [-0.3, -0.25) is 4.99 Å². The van der Waals surface area contributed by atoms with Gasteiger partial charge in [-0.2, -0.15) is 0 Å². The predicted molar refractivity (Wildman–Crippen MR) is 85.5 cm³/mol. The molecule has 0 saturated carbocycles. The van der Waals surface area contributed by atoms with Crippen molar-refractivity contribution in [3.63, 3.8) is 0 Å². The molecule has 0 amide bonds. The summed E-state index contributed by atoms with van der Waals surface area (Å²) in [4.78, 5) is 7.82. The molecule has 2 aliphatic rings. The number of thioether (sulfide) groups is 1. The van der Waals surface area contributed by atoms with Crippen molar-refractivity contribution in [1.82, 2.24) is 4.90 Å². The van der Waals surface area contributed by atoms with Gasteiger partial charge < -0.3 is 4.90 Å². The van der Waals surface area contributed by atoms with Gasteiger partial charge in [-0.1, -0.05) is 12.7 Å². The number of fused-ring (bicyclic) bond motifs is 2. The molecule has 1 aromatic carbocycles. The van der Waals surface area contributed by atoms with E-state index in [4.69, 9.17) is 0 Å². The van der Waals surface area contributed by atoms with Crippen LogP contribution in [0.1, 0.15) is 5.56 Å². The molecule has 0 bridgehead atoms. The van der Waals surface area contributed by atoms with Gasteiger partial charge >= 0.3 is 0 Å². The Bertz CT molecular complexity index is 788. The molecule has 2 aliphatic heterocycles. The van der Waals surface area contributed by atoms with Crippen LogP contribution >= 0.6 is 23.1 Å². The molecule has 2 aromatic rings. The van der Waals surface area contributed by atoms with Crippen molar-refractivity contribution < 1.29 is 4.39 Å². The number of benzene rings is 1. The molecule has 20 heavy (non-hydrogen) atoms. The van der Waals surface area contributed by atoms with E-state index in [0.29, 0.717) is 4.70 Å². The number of nitrogens with zero attached hydrogens (tertiary/aromatic N) is 2. The lowest BCUT2D eigenvalue weighted by molar-refractivity contribution is 0.639. The van der Waals surface area contributed by atoms with Gasteiger partial charge in [0.05, 0.1) is 16.9 Å². The Balaban J connectivity index is 1.98. The average Bonchev–Trinajstić information content (AvgIpc) is 3.14. The minimum atomic E-state index is -0.152. The van der Waals surface area contributed by atoms with Gasteiger partial charge in [-0.25, -0.2) is 4.39 Å². The average molecular weight is 302 g/mol. The van der Waals surface area contributed by atoms with Gasteiger partial charge in [0.25, 0.3) is 0 Å². The minimum absolute atomic E-state index is 0.152. The molecule has 0 fully saturated rings. The Hall–Kier alpha value is -1.59. The topological polar surface area (TPSA) is 15.6 Å². The maximum Gasteiger partial charge on any atom is 0.168 e. The van der Waals surface area contributed by atoms with Crippen LogP contribution in [0, 0.1) is 5.82 Å². The second-order valence-electron chi connectivity index (χ2n) is 4.59. The molecule has 0 aliphatic carbocycles. The molecule has 0 radical (unpaired) electrons. The highest BCUT2D eigenvalue weighted by atomic mass is 32.2. The van der Waals surface area contributed by atoms with Crippen LogP contribution in [0.25, 0.3) is 15.8 Å². The number of halogens is 1. The number of amidine groups is 1. The van der Waals surface area contributed by atoms with Crippen LogP contribution < -0.4 is 0 Å². The summed E-state index contributed by atoms with van der Waals surface area (Å²) >= 11 is 3.09. The smallest absolute Gasteiger partial charge is 0.168 e. The Kier molecular flexibility index (Phi) is 2.72. The van der Waals surface area contributed by atoms with E-state index in [1.54, 1.807) is 17.8 Å². The van der Waals surface area contributed by atoms with Gasteiger partial charge in [0.2, 0.25) is 0 Å². The SMILES string of the molecule is C=CC1=C(c2ccc(F)c3sccc23)N2CCN=C2S1. The van der Waals surface area contributed by atoms with Crippen molar-refractivity contribution in [3.05, 3.63) is 52.5 Å². The Morgan fingerprint density at radius 3 is 3.10 bits per heavy atom. The fourth-order valence-corrected chi connectivity index (χ4v) is 4.52. The maximum atomic E-state index is 13.9. The molecule has 100 valence electrons. The highest BCUT2D eigenvalue weighted by Gasteiger charge is 2.32. The molecule has 0 spiro atoms. The van der Waals surface area contributed by atoms with E-state index in [-0.39, 0.29) is 5.82 Å². The van der Waals surface area contributed by atoms with Crippen molar-refractivity contribution in [3.8, 4) is 0 Å². The summed E-state index contributed by atoms with van der Waals surface area (Å²) in [7, 11) is 0. The number of hydrogen-bond donors (Lipinski definition) is 0. The van der Waals surface area contributed by atoms with Crippen LogP contribution in [0.2, 0.25) is 0 Å². The first kappa shape index (κ1) is 12.2. The Morgan fingerprint density at radius 1 is 1.35 bits per heavy atom. The number of aliphatic imine (C=N–C) groups is 1. The minimum Gasteiger partial charge on any atom is -0.317 e. The lowest BCUT2D eigenvalue weighted by Gasteiger charge is -2.18. The van der Waals surface area contributed by atoms with Gasteiger partial charge in [0.1, 0.15) is 5.82 Å². The normalized spacial score (nSPS) is 17.9. The van der Waals surface area contributed by atoms with Crippen molar-refractivity contribution in [1.29, 1.82) is 0 Å². The molecule has 3 heterocycles. The summed E-state index contributed by atoms with van der Waals surface area (Å²) in [5, 5.41) is 3.94. The monoisotopic (exact) mass is 302 g/mol. The number of thiophene rings is 1. The van der Waals surface area contributed by atoms with Gasteiger partial charge in [0.15, 0.2) is 5.17 Å². The van der Waals surface area contributed by atoms with Crippen molar-refractivity contribution in [2.45, 2.75) is 0 Å². The van der Waals surface area contributed by atoms with E-state index >= 15 is 0 Å². The lowest BCUT2D eigenvalue weighted by Crippen LogP contribution is -2.20. The van der Waals surface area contributed by atoms with Crippen molar-refractivity contribution >= 4 is 44.0 Å². The van der Waals surface area contributed by atoms with Crippen LogP contribution in [0.15, 0.2) is 46.1 Å². The highest BCUT2D eigenvalue weighted by molar-refractivity contribution is 8.17. The quantitative estimate of drug-likeness (QED) is 0.821. The molecular weight excluding hydrogens is 291 g/mol. The molecular formula is C15H11FN2S2. The zero-order valence-electron chi connectivity index (χ0n) is 10.6. The summed E-state index contributed by atoms with van der Waals surface area (Å²) in [5.74, 6) is -0.152. The van der Waals surface area contributed by atoms with Gasteiger partial charge in [-0.05, 0) is 35.3 Å². The van der Waals surface area contributed by atoms with E-state index in [1.165, 1.54) is 11.3 Å². The van der Waals surface area contributed by atoms with Crippen molar-refractivity contribution in [2.75, 3.05) is 13.1 Å². The molecule has 2 nitrogen and oxygen atoms in total. The van der Waals surface area contributed by atoms with E-state index in [0.717, 1.165) is 39.8 Å². The van der Waals surface area contributed by atoms with E-state index in [2.05, 4.69) is 16.5 Å². The summed E-state index contributed by atoms with van der Waals surface area (Å²) in [6.45, 7) is 5.61. The predicted octanol–water partition coefficient (Wildman–Crippen LogP) is 4.31. The fraction of sp³-hybridized carbons (Fsp3) is 0.133. The second-order valence-corrected chi connectivity index (χ2v) is 6.52. The Labute approximate surface area is 124 Å². The van der Waals surface area contributed by atoms with Gasteiger partial charge in [0, 0.05) is 22.4 Å². The van der Waals surface area contributed by atoms with E-state index in [9.17, 15) is 4.39 Å². The van der Waals surface area contributed by atoms with Gasteiger partial charge in [-0.15, -0.1) is 11.3 Å². The molecule has 0 atom stereocenters. The van der Waals surface area contributed by atoms with E-state index in [1.807, 2.05) is 23.6 Å². The maximum absolute atomic E-state index is 13.9. The van der Waals surface area contributed by atoms with Crippen LogP contribution in [0.3, 0.4) is 0 Å². The Morgan fingerprint density at radius 2 is 2.25 bits per heavy atom. The largest absolute Gasteiger partial charge is 0.317 e. The molecule has 5 heteroatoms. The summed E-state index contributed by atoms with van der Waals surface area (Å²) in [5.41, 5.74) is 2.18. The zero-order valence-corrected chi connectivity index (χ0v) is 12.2. The van der Waals surface area contributed by atoms with E-state index < -0.39 is 0 Å².